The summed E-state index contributed by atoms with van der Waals surface area (Å²) in [5.74, 6) is 0.438. The number of carbonyl (C=O) groups excluding carboxylic acids is 1. The fraction of sp³-hybridized carbons (Fsp3) is 0.286. The molecule has 0 aliphatic carbocycles. The Morgan fingerprint density at radius 1 is 1.10 bits per heavy atom. The summed E-state index contributed by atoms with van der Waals surface area (Å²) in [5, 5.41) is 0. The lowest BCUT2D eigenvalue weighted by atomic mass is 10.2. The first-order chi connectivity index (χ1) is 10.3. The SMILES string of the molecule is O=C(c1ccc[nH]c1=O)N1CCN(c2ncccn2)CC1. The molecule has 7 heteroatoms. The molecule has 3 rings (SSSR count). The van der Waals surface area contributed by atoms with Crippen molar-refractivity contribution in [1.82, 2.24) is 19.9 Å². The van der Waals surface area contributed by atoms with Crippen LogP contribution in [-0.4, -0.2) is 51.9 Å². The highest BCUT2D eigenvalue weighted by Gasteiger charge is 2.24. The molecule has 1 amide bonds. The van der Waals surface area contributed by atoms with Gasteiger partial charge in [-0.05, 0) is 18.2 Å². The lowest BCUT2D eigenvalue weighted by molar-refractivity contribution is 0.0744. The number of aromatic amines is 1. The van der Waals surface area contributed by atoms with Crippen LogP contribution >= 0.6 is 0 Å². The molecule has 0 bridgehead atoms. The predicted molar refractivity (Wildman–Crippen MR) is 77.2 cm³/mol. The fourth-order valence-electron chi connectivity index (χ4n) is 2.32. The number of carbonyl (C=O) groups is 1. The maximum absolute atomic E-state index is 12.3. The summed E-state index contributed by atoms with van der Waals surface area (Å²) >= 11 is 0. The second kappa shape index (κ2) is 5.74. The summed E-state index contributed by atoms with van der Waals surface area (Å²) in [6.07, 6.45) is 4.91. The van der Waals surface area contributed by atoms with Crippen LogP contribution in [0.3, 0.4) is 0 Å². The molecule has 1 aliphatic heterocycles. The van der Waals surface area contributed by atoms with Gasteiger partial charge in [0, 0.05) is 44.8 Å². The van der Waals surface area contributed by atoms with E-state index in [0.29, 0.717) is 32.1 Å². The highest BCUT2D eigenvalue weighted by molar-refractivity contribution is 5.93. The van der Waals surface area contributed by atoms with Gasteiger partial charge in [-0.3, -0.25) is 9.59 Å². The number of amides is 1. The first-order valence-electron chi connectivity index (χ1n) is 6.74. The Bertz CT molecular complexity index is 677. The Hall–Kier alpha value is -2.70. The van der Waals surface area contributed by atoms with Crippen molar-refractivity contribution in [2.24, 2.45) is 0 Å². The van der Waals surface area contributed by atoms with Gasteiger partial charge in [-0.25, -0.2) is 9.97 Å². The molecule has 0 saturated carbocycles. The molecule has 2 aromatic rings. The Balaban J connectivity index is 1.68. The van der Waals surface area contributed by atoms with Gasteiger partial charge < -0.3 is 14.8 Å². The van der Waals surface area contributed by atoms with Gasteiger partial charge in [-0.1, -0.05) is 0 Å². The Morgan fingerprint density at radius 3 is 2.48 bits per heavy atom. The topological polar surface area (TPSA) is 82.2 Å². The Morgan fingerprint density at radius 2 is 1.81 bits per heavy atom. The van der Waals surface area contributed by atoms with Crippen molar-refractivity contribution in [2.45, 2.75) is 0 Å². The minimum Gasteiger partial charge on any atom is -0.337 e. The first-order valence-corrected chi connectivity index (χ1v) is 6.74. The number of rotatable bonds is 2. The lowest BCUT2D eigenvalue weighted by Gasteiger charge is -2.34. The summed E-state index contributed by atoms with van der Waals surface area (Å²) < 4.78 is 0. The molecule has 0 aromatic carbocycles. The minimum absolute atomic E-state index is 0.182. The summed E-state index contributed by atoms with van der Waals surface area (Å²) in [4.78, 5) is 38.6. The number of anilines is 1. The van der Waals surface area contributed by atoms with Crippen LogP contribution in [0.4, 0.5) is 5.95 Å². The van der Waals surface area contributed by atoms with Crippen LogP contribution in [0.5, 0.6) is 0 Å². The molecule has 21 heavy (non-hydrogen) atoms. The lowest BCUT2D eigenvalue weighted by Crippen LogP contribution is -2.50. The molecule has 0 atom stereocenters. The summed E-state index contributed by atoms with van der Waals surface area (Å²) in [5.41, 5.74) is -0.168. The number of hydrogen-bond donors (Lipinski definition) is 1. The summed E-state index contributed by atoms with van der Waals surface area (Å²) in [6.45, 7) is 2.40. The van der Waals surface area contributed by atoms with Crippen molar-refractivity contribution in [3.63, 3.8) is 0 Å². The zero-order valence-corrected chi connectivity index (χ0v) is 11.4. The molecule has 1 fully saturated rings. The van der Waals surface area contributed by atoms with Crippen LogP contribution in [0.2, 0.25) is 0 Å². The van der Waals surface area contributed by atoms with Gasteiger partial charge in [0.05, 0.1) is 0 Å². The molecule has 1 saturated heterocycles. The number of nitrogens with one attached hydrogen (secondary N) is 1. The van der Waals surface area contributed by atoms with Crippen LogP contribution in [0, 0.1) is 0 Å². The van der Waals surface area contributed by atoms with E-state index in [2.05, 4.69) is 15.0 Å². The highest BCUT2D eigenvalue weighted by Crippen LogP contribution is 2.11. The van der Waals surface area contributed by atoms with E-state index in [1.54, 1.807) is 35.5 Å². The van der Waals surface area contributed by atoms with Crippen LogP contribution in [0.1, 0.15) is 10.4 Å². The standard InChI is InChI=1S/C14H15N5O2/c20-12-11(3-1-4-15-12)13(21)18-7-9-19(10-8-18)14-16-5-2-6-17-14/h1-6H,7-10H2,(H,15,20). The van der Waals surface area contributed by atoms with Gasteiger partial charge in [0.2, 0.25) is 5.95 Å². The number of H-pyrrole nitrogens is 1. The van der Waals surface area contributed by atoms with Crippen molar-refractivity contribution < 1.29 is 4.79 Å². The number of piperazine rings is 1. The molecule has 1 aliphatic rings. The van der Waals surface area contributed by atoms with E-state index in [4.69, 9.17) is 0 Å². The highest BCUT2D eigenvalue weighted by atomic mass is 16.2. The van der Waals surface area contributed by atoms with Crippen molar-refractivity contribution in [2.75, 3.05) is 31.1 Å². The smallest absolute Gasteiger partial charge is 0.260 e. The normalized spacial score (nSPS) is 15.0. The van der Waals surface area contributed by atoms with Gasteiger partial charge in [-0.15, -0.1) is 0 Å². The number of nitrogens with zero attached hydrogens (tertiary/aromatic N) is 4. The molecule has 2 aromatic heterocycles. The predicted octanol–water partition coefficient (Wildman–Crippen LogP) is 0.127. The van der Waals surface area contributed by atoms with Crippen molar-refractivity contribution in [3.05, 3.63) is 52.7 Å². The monoisotopic (exact) mass is 285 g/mol. The molecular weight excluding hydrogens is 270 g/mol. The van der Waals surface area contributed by atoms with Crippen LogP contribution in [0.25, 0.3) is 0 Å². The number of hydrogen-bond acceptors (Lipinski definition) is 5. The van der Waals surface area contributed by atoms with E-state index in [9.17, 15) is 9.59 Å². The van der Waals surface area contributed by atoms with Gasteiger partial charge in [0.25, 0.3) is 11.5 Å². The third-order valence-electron chi connectivity index (χ3n) is 3.45. The van der Waals surface area contributed by atoms with Crippen LogP contribution in [0.15, 0.2) is 41.6 Å². The quantitative estimate of drug-likeness (QED) is 0.848. The molecule has 1 N–H and O–H groups in total. The van der Waals surface area contributed by atoms with E-state index in [1.807, 2.05) is 4.90 Å². The maximum Gasteiger partial charge on any atom is 0.260 e. The fourth-order valence-corrected chi connectivity index (χ4v) is 2.32. The van der Waals surface area contributed by atoms with E-state index < -0.39 is 0 Å². The van der Waals surface area contributed by atoms with Crippen LogP contribution < -0.4 is 10.5 Å². The number of aromatic nitrogens is 3. The van der Waals surface area contributed by atoms with E-state index in [-0.39, 0.29) is 17.0 Å². The van der Waals surface area contributed by atoms with E-state index in [0.717, 1.165) is 0 Å². The van der Waals surface area contributed by atoms with Crippen molar-refractivity contribution in [3.8, 4) is 0 Å². The number of pyridine rings is 1. The third-order valence-corrected chi connectivity index (χ3v) is 3.45. The van der Waals surface area contributed by atoms with E-state index in [1.165, 1.54) is 6.20 Å². The zero-order chi connectivity index (χ0) is 14.7. The Labute approximate surface area is 121 Å². The molecule has 3 heterocycles. The van der Waals surface area contributed by atoms with Crippen LogP contribution in [-0.2, 0) is 0 Å². The van der Waals surface area contributed by atoms with Gasteiger partial charge in [-0.2, -0.15) is 0 Å². The second-order valence-corrected chi connectivity index (χ2v) is 4.74. The summed E-state index contributed by atoms with van der Waals surface area (Å²) in [7, 11) is 0. The zero-order valence-electron chi connectivity index (χ0n) is 11.4. The van der Waals surface area contributed by atoms with Crippen molar-refractivity contribution >= 4 is 11.9 Å². The van der Waals surface area contributed by atoms with Crippen molar-refractivity contribution in [1.29, 1.82) is 0 Å². The largest absolute Gasteiger partial charge is 0.337 e. The molecule has 0 spiro atoms. The minimum atomic E-state index is -0.351. The van der Waals surface area contributed by atoms with Gasteiger partial charge in [0.1, 0.15) is 5.56 Å². The average molecular weight is 285 g/mol. The van der Waals surface area contributed by atoms with Gasteiger partial charge >= 0.3 is 0 Å². The molecule has 0 radical (unpaired) electrons. The molecule has 0 unspecified atom stereocenters. The average Bonchev–Trinajstić information content (AvgIpc) is 2.56. The molecule has 108 valence electrons. The van der Waals surface area contributed by atoms with Gasteiger partial charge in [0.15, 0.2) is 0 Å². The maximum atomic E-state index is 12.3. The Kier molecular flexibility index (Phi) is 3.63. The first kappa shape index (κ1) is 13.3. The third kappa shape index (κ3) is 2.76. The molecular formula is C14H15N5O2. The van der Waals surface area contributed by atoms with E-state index >= 15 is 0 Å². The molecule has 7 nitrogen and oxygen atoms in total. The summed E-state index contributed by atoms with van der Waals surface area (Å²) in [6, 6.07) is 4.97. The second-order valence-electron chi connectivity index (χ2n) is 4.74.